The molecular formula is C8H5BrFNS. The predicted molar refractivity (Wildman–Crippen MR) is 53.9 cm³/mol. The molecule has 0 amide bonds. The van der Waals surface area contributed by atoms with E-state index in [-0.39, 0.29) is 5.13 Å². The normalized spacial score (nSPS) is 10.8. The average molecular weight is 246 g/mol. The van der Waals surface area contributed by atoms with E-state index < -0.39 is 0 Å². The number of hydrogen-bond donors (Lipinski definition) is 1. The molecule has 0 unspecified atom stereocenters. The second-order valence-corrected chi connectivity index (χ2v) is 4.21. The molecular weight excluding hydrogens is 241 g/mol. The van der Waals surface area contributed by atoms with Gasteiger partial charge in [-0.2, -0.15) is 4.39 Å². The summed E-state index contributed by atoms with van der Waals surface area (Å²) in [6, 6.07) is 5.43. The zero-order valence-corrected chi connectivity index (χ0v) is 8.38. The van der Waals surface area contributed by atoms with Crippen LogP contribution in [0.15, 0.2) is 22.7 Å². The summed E-state index contributed by atoms with van der Waals surface area (Å²) in [5.74, 6) is 0. The summed E-state index contributed by atoms with van der Waals surface area (Å²) >= 11 is 4.26. The third kappa shape index (κ3) is 1.03. The van der Waals surface area contributed by atoms with E-state index in [1.54, 1.807) is 6.07 Å². The highest BCUT2D eigenvalue weighted by atomic mass is 79.9. The molecule has 0 atom stereocenters. The number of benzene rings is 1. The topological polar surface area (TPSA) is 26.0 Å². The lowest BCUT2D eigenvalue weighted by Gasteiger charge is -1.94. The molecule has 1 heterocycles. The van der Waals surface area contributed by atoms with Gasteiger partial charge in [-0.15, -0.1) is 11.3 Å². The molecule has 1 aromatic heterocycles. The van der Waals surface area contributed by atoms with Crippen LogP contribution in [-0.2, 0) is 0 Å². The zero-order chi connectivity index (χ0) is 8.72. The van der Waals surface area contributed by atoms with Gasteiger partial charge in [-0.3, -0.25) is 0 Å². The molecule has 0 aliphatic heterocycles. The maximum absolute atomic E-state index is 13.0. The first-order chi connectivity index (χ1) is 5.70. The fourth-order valence-corrected chi connectivity index (χ4v) is 2.78. The molecule has 0 saturated carbocycles. The molecule has 0 aliphatic carbocycles. The van der Waals surface area contributed by atoms with Gasteiger partial charge in [0, 0.05) is 15.8 Å². The van der Waals surface area contributed by atoms with E-state index in [0.29, 0.717) is 10.2 Å². The molecule has 1 nitrogen and oxygen atoms in total. The summed E-state index contributed by atoms with van der Waals surface area (Å²) in [5.41, 5.74) is 6.29. The summed E-state index contributed by atoms with van der Waals surface area (Å²) in [5, 5.41) is 0.558. The predicted octanol–water partition coefficient (Wildman–Crippen LogP) is 3.39. The number of nitrogen functional groups attached to an aromatic ring is 1. The van der Waals surface area contributed by atoms with Crippen LogP contribution < -0.4 is 5.73 Å². The second kappa shape index (κ2) is 2.71. The first kappa shape index (κ1) is 8.01. The third-order valence-corrected chi connectivity index (χ3v) is 3.60. The fourth-order valence-electron chi connectivity index (χ4n) is 1.11. The van der Waals surface area contributed by atoms with Crippen molar-refractivity contribution >= 4 is 43.0 Å². The van der Waals surface area contributed by atoms with Crippen LogP contribution in [-0.4, -0.2) is 0 Å². The van der Waals surface area contributed by atoms with E-state index in [2.05, 4.69) is 15.9 Å². The van der Waals surface area contributed by atoms with Crippen LogP contribution in [0, 0.1) is 5.13 Å². The summed E-state index contributed by atoms with van der Waals surface area (Å²) < 4.78 is 14.4. The first-order valence-corrected chi connectivity index (χ1v) is 4.93. The van der Waals surface area contributed by atoms with E-state index in [4.69, 9.17) is 5.73 Å². The van der Waals surface area contributed by atoms with Crippen molar-refractivity contribution in [1.29, 1.82) is 0 Å². The second-order valence-electron chi connectivity index (χ2n) is 2.41. The highest BCUT2D eigenvalue weighted by Gasteiger charge is 2.10. The minimum Gasteiger partial charge on any atom is -0.398 e. The summed E-state index contributed by atoms with van der Waals surface area (Å²) in [6.45, 7) is 0. The van der Waals surface area contributed by atoms with Crippen molar-refractivity contribution in [3.05, 3.63) is 27.8 Å². The van der Waals surface area contributed by atoms with E-state index >= 15 is 0 Å². The lowest BCUT2D eigenvalue weighted by Crippen LogP contribution is -1.83. The maximum Gasteiger partial charge on any atom is 0.191 e. The number of hydrogen-bond acceptors (Lipinski definition) is 2. The standard InChI is InChI=1S/C8H5BrFNS/c9-7-6-4(11)2-1-3-5(6)12-8(7)10/h1-3H,11H2. The highest BCUT2D eigenvalue weighted by Crippen LogP contribution is 2.37. The Morgan fingerprint density at radius 1 is 1.42 bits per heavy atom. The average Bonchev–Trinajstić information content (AvgIpc) is 2.29. The lowest BCUT2D eigenvalue weighted by molar-refractivity contribution is 0.652. The highest BCUT2D eigenvalue weighted by molar-refractivity contribution is 9.10. The van der Waals surface area contributed by atoms with Gasteiger partial charge in [0.15, 0.2) is 5.13 Å². The minimum absolute atomic E-state index is 0.220. The molecule has 0 saturated heterocycles. The van der Waals surface area contributed by atoms with Crippen molar-refractivity contribution in [2.45, 2.75) is 0 Å². The van der Waals surface area contributed by atoms with Gasteiger partial charge in [-0.25, -0.2) is 0 Å². The van der Waals surface area contributed by atoms with Crippen LogP contribution in [0.4, 0.5) is 10.1 Å². The number of fused-ring (bicyclic) bond motifs is 1. The Balaban J connectivity index is 2.97. The van der Waals surface area contributed by atoms with Crippen molar-refractivity contribution < 1.29 is 4.39 Å². The molecule has 0 bridgehead atoms. The van der Waals surface area contributed by atoms with Crippen molar-refractivity contribution in [1.82, 2.24) is 0 Å². The largest absolute Gasteiger partial charge is 0.398 e. The lowest BCUT2D eigenvalue weighted by atomic mass is 10.2. The van der Waals surface area contributed by atoms with E-state index in [1.807, 2.05) is 12.1 Å². The first-order valence-electron chi connectivity index (χ1n) is 3.32. The molecule has 0 radical (unpaired) electrons. The van der Waals surface area contributed by atoms with E-state index in [9.17, 15) is 4.39 Å². The van der Waals surface area contributed by atoms with Gasteiger partial charge < -0.3 is 5.73 Å². The summed E-state index contributed by atoms with van der Waals surface area (Å²) in [6.07, 6.45) is 0. The Morgan fingerprint density at radius 2 is 2.17 bits per heavy atom. The SMILES string of the molecule is Nc1cccc2sc(F)c(Br)c12. The molecule has 62 valence electrons. The van der Waals surface area contributed by atoms with Crippen molar-refractivity contribution in [2.24, 2.45) is 0 Å². The number of rotatable bonds is 0. The maximum atomic E-state index is 13.0. The fraction of sp³-hybridized carbons (Fsp3) is 0. The van der Waals surface area contributed by atoms with Gasteiger partial charge in [0.1, 0.15) is 0 Å². The Bertz CT molecular complexity index is 438. The smallest absolute Gasteiger partial charge is 0.191 e. The molecule has 2 rings (SSSR count). The van der Waals surface area contributed by atoms with Gasteiger partial charge in [0.05, 0.1) is 4.47 Å². The van der Waals surface area contributed by atoms with E-state index in [0.717, 1.165) is 21.4 Å². The minimum atomic E-state index is -0.220. The zero-order valence-electron chi connectivity index (χ0n) is 5.97. The monoisotopic (exact) mass is 245 g/mol. The number of nitrogens with two attached hydrogens (primary N) is 1. The molecule has 0 fully saturated rings. The quantitative estimate of drug-likeness (QED) is 0.708. The van der Waals surface area contributed by atoms with Crippen LogP contribution in [0.2, 0.25) is 0 Å². The number of anilines is 1. The summed E-state index contributed by atoms with van der Waals surface area (Å²) in [7, 11) is 0. The van der Waals surface area contributed by atoms with Crippen LogP contribution in [0.1, 0.15) is 0 Å². The molecule has 4 heteroatoms. The Labute approximate surface area is 81.1 Å². The van der Waals surface area contributed by atoms with Gasteiger partial charge in [0.25, 0.3) is 0 Å². The molecule has 0 aliphatic rings. The van der Waals surface area contributed by atoms with Gasteiger partial charge in [-0.1, -0.05) is 6.07 Å². The van der Waals surface area contributed by atoms with Gasteiger partial charge >= 0.3 is 0 Å². The molecule has 2 aromatic rings. The van der Waals surface area contributed by atoms with Crippen molar-refractivity contribution in [3.8, 4) is 0 Å². The van der Waals surface area contributed by atoms with Crippen LogP contribution in [0.3, 0.4) is 0 Å². The van der Waals surface area contributed by atoms with E-state index in [1.165, 1.54) is 0 Å². The van der Waals surface area contributed by atoms with Crippen molar-refractivity contribution in [3.63, 3.8) is 0 Å². The Hall–Kier alpha value is -0.610. The van der Waals surface area contributed by atoms with Crippen molar-refractivity contribution in [2.75, 3.05) is 5.73 Å². The molecule has 1 aromatic carbocycles. The molecule has 0 spiro atoms. The van der Waals surface area contributed by atoms with Crippen LogP contribution in [0.25, 0.3) is 10.1 Å². The molecule has 2 N–H and O–H groups in total. The molecule has 12 heavy (non-hydrogen) atoms. The Kier molecular flexibility index (Phi) is 1.81. The third-order valence-electron chi connectivity index (χ3n) is 1.65. The Morgan fingerprint density at radius 3 is 2.83 bits per heavy atom. The number of halogens is 2. The van der Waals surface area contributed by atoms with Crippen LogP contribution in [0.5, 0.6) is 0 Å². The van der Waals surface area contributed by atoms with Gasteiger partial charge in [-0.05, 0) is 28.1 Å². The summed E-state index contributed by atoms with van der Waals surface area (Å²) in [4.78, 5) is 0. The van der Waals surface area contributed by atoms with Crippen LogP contribution >= 0.6 is 27.3 Å². The number of thiophene rings is 1. The van der Waals surface area contributed by atoms with Gasteiger partial charge in [0.2, 0.25) is 0 Å².